The molecule has 4 fully saturated rings. The fourth-order valence-corrected chi connectivity index (χ4v) is 6.20. The number of alkyl carbamates (subject to hydrolysis) is 1. The second-order valence-electron chi connectivity index (χ2n) is 11.0. The van der Waals surface area contributed by atoms with Crippen LogP contribution in [-0.4, -0.2) is 65.1 Å². The molecule has 40 heavy (non-hydrogen) atoms. The molecule has 5 heterocycles. The van der Waals surface area contributed by atoms with Crippen molar-refractivity contribution in [1.29, 1.82) is 0 Å². The number of rotatable bonds is 6. The molecular weight excluding hydrogens is 517 g/mol. The van der Waals surface area contributed by atoms with Crippen molar-refractivity contribution in [3.63, 3.8) is 0 Å². The van der Waals surface area contributed by atoms with E-state index in [9.17, 15) is 4.79 Å². The van der Waals surface area contributed by atoms with Gasteiger partial charge in [-0.1, -0.05) is 6.07 Å². The van der Waals surface area contributed by atoms with Crippen LogP contribution in [0.3, 0.4) is 0 Å². The number of nitrogens with one attached hydrogen (secondary N) is 3. The normalized spacial score (nSPS) is 26.9. The van der Waals surface area contributed by atoms with E-state index in [0.717, 1.165) is 52.7 Å². The highest BCUT2D eigenvalue weighted by molar-refractivity contribution is 5.93. The van der Waals surface area contributed by atoms with Crippen molar-refractivity contribution in [2.75, 3.05) is 11.9 Å². The van der Waals surface area contributed by atoms with E-state index in [2.05, 4.69) is 42.1 Å². The average Bonchev–Trinajstić information content (AvgIpc) is 3.69. The number of ether oxygens (including phenoxy) is 2. The third-order valence-corrected chi connectivity index (χ3v) is 8.39. The molecule has 9 rings (SSSR count). The zero-order chi connectivity index (χ0) is 27.0. The predicted molar refractivity (Wildman–Crippen MR) is 142 cm³/mol. The van der Waals surface area contributed by atoms with Gasteiger partial charge < -0.3 is 20.1 Å². The summed E-state index contributed by atoms with van der Waals surface area (Å²) in [5.41, 5.74) is 3.95. The maximum absolute atomic E-state index is 15.3. The molecule has 0 radical (unpaired) electrons. The fraction of sp³-hybridized carbons (Fsp3) is 0.370. The number of fused-ring (bicyclic) bond motifs is 2. The van der Waals surface area contributed by atoms with E-state index < -0.39 is 24.5 Å². The first-order valence-electron chi connectivity index (χ1n) is 13.3. The highest BCUT2D eigenvalue weighted by Gasteiger charge is 2.58. The van der Waals surface area contributed by atoms with E-state index in [4.69, 9.17) is 9.47 Å². The zero-order valence-electron chi connectivity index (χ0n) is 21.5. The molecule has 1 aromatic carbocycles. The van der Waals surface area contributed by atoms with Gasteiger partial charge in [-0.25, -0.2) is 18.7 Å². The molecule has 5 aromatic rings. The maximum Gasteiger partial charge on any atom is 0.408 e. The van der Waals surface area contributed by atoms with E-state index >= 15 is 4.39 Å². The fourth-order valence-electron chi connectivity index (χ4n) is 6.20. The van der Waals surface area contributed by atoms with Gasteiger partial charge in [-0.3, -0.25) is 9.78 Å². The molecule has 12 nitrogen and oxygen atoms in total. The molecule has 1 saturated heterocycles. The van der Waals surface area contributed by atoms with Crippen LogP contribution < -0.4 is 10.6 Å². The lowest BCUT2D eigenvalue weighted by molar-refractivity contribution is -0.0528. The summed E-state index contributed by atoms with van der Waals surface area (Å²) in [7, 11) is 1.91. The first-order valence-corrected chi connectivity index (χ1v) is 13.3. The van der Waals surface area contributed by atoms with E-state index in [1.807, 2.05) is 30.1 Å². The summed E-state index contributed by atoms with van der Waals surface area (Å²) in [5.74, 6) is 1.69. The van der Waals surface area contributed by atoms with Gasteiger partial charge in [-0.05, 0) is 42.9 Å². The van der Waals surface area contributed by atoms with Crippen molar-refractivity contribution in [3.8, 4) is 11.1 Å². The van der Waals surface area contributed by atoms with Gasteiger partial charge in [0.2, 0.25) is 0 Å². The Morgan fingerprint density at radius 2 is 2.10 bits per heavy atom. The van der Waals surface area contributed by atoms with Gasteiger partial charge in [-0.2, -0.15) is 15.3 Å². The minimum absolute atomic E-state index is 0.0298. The standard InChI is InChI=1S/C27H26FN9O3/c1-36-19-3-2-15(6-16(19)11-30-36)17-12-31-37-5-4-29-25(23(17)37)32-21-7-18(34-35-21)24-22(28)20(13-39-24)40-26(38)33-27-8-14(9-27)10-27/h2-7,11-12,14,20,22,24H,8-10,13H2,1H3,(H,33,38)(H2,29,32,34,35)/t14?,20-,22-,24-,27?/m1/s1. The van der Waals surface area contributed by atoms with Gasteiger partial charge in [0.05, 0.1) is 30.2 Å². The number of carbonyl (C=O) groups is 1. The number of aromatic nitrogens is 7. The summed E-state index contributed by atoms with van der Waals surface area (Å²) in [5, 5.41) is 23.1. The number of benzene rings is 1. The van der Waals surface area contributed by atoms with E-state index in [1.54, 1.807) is 29.2 Å². The number of amides is 1. The lowest BCUT2D eigenvalue weighted by atomic mass is 9.50. The summed E-state index contributed by atoms with van der Waals surface area (Å²) < 4.78 is 29.9. The molecule has 1 amide bonds. The van der Waals surface area contributed by atoms with Crippen LogP contribution in [-0.2, 0) is 16.5 Å². The summed E-state index contributed by atoms with van der Waals surface area (Å²) >= 11 is 0. The molecule has 3 aliphatic carbocycles. The Kier molecular flexibility index (Phi) is 4.96. The van der Waals surface area contributed by atoms with Crippen LogP contribution in [0, 0.1) is 5.92 Å². The van der Waals surface area contributed by atoms with Crippen LogP contribution in [0.2, 0.25) is 0 Å². The smallest absolute Gasteiger partial charge is 0.408 e. The van der Waals surface area contributed by atoms with Gasteiger partial charge >= 0.3 is 6.09 Å². The maximum atomic E-state index is 15.3. The van der Waals surface area contributed by atoms with Crippen molar-refractivity contribution < 1.29 is 18.7 Å². The molecule has 3 N–H and O–H groups in total. The number of anilines is 2. The summed E-state index contributed by atoms with van der Waals surface area (Å²) in [6.07, 6.45) is 5.95. The summed E-state index contributed by atoms with van der Waals surface area (Å²) in [6.45, 7) is -0.0298. The number of hydrogen-bond acceptors (Lipinski definition) is 8. The molecule has 204 valence electrons. The van der Waals surface area contributed by atoms with Crippen molar-refractivity contribution in [2.45, 2.75) is 43.2 Å². The number of aryl methyl sites for hydroxylation is 1. The summed E-state index contributed by atoms with van der Waals surface area (Å²) in [4.78, 5) is 16.8. The molecule has 1 aliphatic heterocycles. The van der Waals surface area contributed by atoms with Crippen molar-refractivity contribution in [3.05, 3.63) is 54.7 Å². The summed E-state index contributed by atoms with van der Waals surface area (Å²) in [6, 6.07) is 7.78. The monoisotopic (exact) mass is 543 g/mol. The van der Waals surface area contributed by atoms with Crippen LogP contribution >= 0.6 is 0 Å². The van der Waals surface area contributed by atoms with E-state index in [-0.39, 0.29) is 12.1 Å². The van der Waals surface area contributed by atoms with Crippen molar-refractivity contribution >= 4 is 34.1 Å². The van der Waals surface area contributed by atoms with E-state index in [1.165, 1.54) is 0 Å². The van der Waals surface area contributed by atoms with Gasteiger partial charge in [0, 0.05) is 42.0 Å². The SMILES string of the molecule is Cn1ncc2cc(-c3cnn4ccnc(Nc5cc([C@H]6OC[C@@H](OC(=O)NC78CC(C7)C8)[C@H]6F)[nH]n5)c34)ccc21. The van der Waals surface area contributed by atoms with Gasteiger partial charge in [0.25, 0.3) is 0 Å². The van der Waals surface area contributed by atoms with Crippen molar-refractivity contribution in [1.82, 2.24) is 39.9 Å². The highest BCUT2D eigenvalue weighted by Crippen LogP contribution is 2.57. The minimum Gasteiger partial charge on any atom is -0.441 e. The molecule has 13 heteroatoms. The van der Waals surface area contributed by atoms with Crippen LogP contribution in [0.15, 0.2) is 49.1 Å². The zero-order valence-corrected chi connectivity index (χ0v) is 21.5. The molecule has 2 bridgehead atoms. The molecule has 3 atom stereocenters. The Labute approximate surface area is 226 Å². The number of alkyl halides is 1. The van der Waals surface area contributed by atoms with Gasteiger partial charge in [0.15, 0.2) is 23.9 Å². The van der Waals surface area contributed by atoms with Crippen molar-refractivity contribution in [2.24, 2.45) is 13.0 Å². The number of halogens is 1. The van der Waals surface area contributed by atoms with Crippen LogP contribution in [0.1, 0.15) is 31.1 Å². The predicted octanol–water partition coefficient (Wildman–Crippen LogP) is 3.81. The van der Waals surface area contributed by atoms with Crippen LogP contribution in [0.5, 0.6) is 0 Å². The van der Waals surface area contributed by atoms with E-state index in [0.29, 0.717) is 17.3 Å². The number of nitrogens with zero attached hydrogens (tertiary/aromatic N) is 6. The Morgan fingerprint density at radius 3 is 2.92 bits per heavy atom. The molecule has 0 unspecified atom stereocenters. The lowest BCUT2D eigenvalue weighted by Gasteiger charge is -2.61. The average molecular weight is 544 g/mol. The Bertz CT molecular complexity index is 1760. The largest absolute Gasteiger partial charge is 0.441 e. The molecule has 3 saturated carbocycles. The number of H-pyrrole nitrogens is 1. The molecular formula is C27H26FN9O3. The number of hydrogen-bond donors (Lipinski definition) is 3. The second kappa shape index (κ2) is 8.49. The minimum atomic E-state index is -1.53. The third kappa shape index (κ3) is 3.64. The highest BCUT2D eigenvalue weighted by atomic mass is 19.1. The third-order valence-electron chi connectivity index (χ3n) is 8.39. The number of aromatic amines is 1. The topological polar surface area (TPSA) is 136 Å². The Morgan fingerprint density at radius 1 is 1.23 bits per heavy atom. The number of carbonyl (C=O) groups excluding carboxylic acids is 1. The molecule has 0 spiro atoms. The van der Waals surface area contributed by atoms with Crippen LogP contribution in [0.4, 0.5) is 20.8 Å². The van der Waals surface area contributed by atoms with Gasteiger partial charge in [-0.15, -0.1) is 0 Å². The second-order valence-corrected chi connectivity index (χ2v) is 11.0. The van der Waals surface area contributed by atoms with Gasteiger partial charge in [0.1, 0.15) is 11.6 Å². The Balaban J connectivity index is 1.00. The quantitative estimate of drug-likeness (QED) is 0.294. The first-order chi connectivity index (χ1) is 19.4. The van der Waals surface area contributed by atoms with Crippen LogP contribution in [0.25, 0.3) is 27.5 Å². The molecule has 4 aromatic heterocycles. The molecule has 4 aliphatic rings. The Hall–Kier alpha value is -4.52. The first kappa shape index (κ1) is 23.4. The lowest BCUT2D eigenvalue weighted by Crippen LogP contribution is -2.68.